The van der Waals surface area contributed by atoms with E-state index in [-0.39, 0.29) is 24.4 Å². The van der Waals surface area contributed by atoms with E-state index in [1.54, 1.807) is 6.07 Å². The molecule has 3 heterocycles. The molecule has 1 unspecified atom stereocenters. The van der Waals surface area contributed by atoms with Crippen molar-refractivity contribution in [1.82, 2.24) is 20.4 Å². The number of hydrogen-bond donors (Lipinski definition) is 2. The minimum atomic E-state index is -0.110. The highest BCUT2D eigenvalue weighted by Gasteiger charge is 2.25. The van der Waals surface area contributed by atoms with Crippen LogP contribution in [0.25, 0.3) is 11.5 Å². The SMILES string of the molecule is CN1CCNCC1c1noc(-c2ccc(NC(=O)c3cccs3)cc2)n1.Cl. The van der Waals surface area contributed by atoms with Gasteiger partial charge in [-0.3, -0.25) is 9.69 Å². The van der Waals surface area contributed by atoms with Gasteiger partial charge in [0.25, 0.3) is 11.8 Å². The number of aromatic nitrogens is 2. The lowest BCUT2D eigenvalue weighted by molar-refractivity contribution is 0.103. The van der Waals surface area contributed by atoms with Gasteiger partial charge in [-0.2, -0.15) is 4.98 Å². The Morgan fingerprint density at radius 3 is 2.85 bits per heavy atom. The van der Waals surface area contributed by atoms with Crippen LogP contribution in [0.15, 0.2) is 46.3 Å². The average molecular weight is 406 g/mol. The molecule has 7 nitrogen and oxygen atoms in total. The summed E-state index contributed by atoms with van der Waals surface area (Å²) in [4.78, 5) is 19.5. The smallest absolute Gasteiger partial charge is 0.265 e. The highest BCUT2D eigenvalue weighted by Crippen LogP contribution is 2.24. The molecule has 1 aromatic carbocycles. The fraction of sp³-hybridized carbons (Fsp3) is 0.278. The van der Waals surface area contributed by atoms with Crippen LogP contribution in [0.5, 0.6) is 0 Å². The number of carbonyl (C=O) groups excluding carboxylic acids is 1. The van der Waals surface area contributed by atoms with Gasteiger partial charge in [0.1, 0.15) is 0 Å². The molecule has 1 atom stereocenters. The second-order valence-electron chi connectivity index (χ2n) is 6.17. The zero-order valence-corrected chi connectivity index (χ0v) is 16.3. The zero-order chi connectivity index (χ0) is 17.9. The normalized spacial score (nSPS) is 17.3. The maximum Gasteiger partial charge on any atom is 0.265 e. The average Bonchev–Trinajstić information content (AvgIpc) is 3.35. The summed E-state index contributed by atoms with van der Waals surface area (Å²) in [5.41, 5.74) is 1.55. The van der Waals surface area contributed by atoms with Crippen LogP contribution in [0, 0.1) is 0 Å². The van der Waals surface area contributed by atoms with Gasteiger partial charge in [0, 0.05) is 30.9 Å². The Morgan fingerprint density at radius 2 is 2.15 bits per heavy atom. The molecule has 3 aromatic rings. The molecule has 4 rings (SSSR count). The number of anilines is 1. The third-order valence-electron chi connectivity index (χ3n) is 4.39. The summed E-state index contributed by atoms with van der Waals surface area (Å²) in [6, 6.07) is 11.2. The Kier molecular flexibility index (Phi) is 6.22. The minimum Gasteiger partial charge on any atom is -0.334 e. The van der Waals surface area contributed by atoms with Gasteiger partial charge >= 0.3 is 0 Å². The first-order valence-corrected chi connectivity index (χ1v) is 9.28. The molecule has 0 aliphatic carbocycles. The number of piperazine rings is 1. The molecule has 1 amide bonds. The van der Waals surface area contributed by atoms with Crippen molar-refractivity contribution in [2.75, 3.05) is 32.0 Å². The molecule has 142 valence electrons. The second-order valence-corrected chi connectivity index (χ2v) is 7.11. The Morgan fingerprint density at radius 1 is 1.33 bits per heavy atom. The predicted octanol–water partition coefficient (Wildman–Crippen LogP) is 3.05. The standard InChI is InChI=1S/C18H19N5O2S.ClH/c1-23-9-8-19-11-14(23)16-21-18(25-22-16)12-4-6-13(7-5-12)20-17(24)15-3-2-10-26-15;/h2-7,10,14,19H,8-9,11H2,1H3,(H,20,24);1H. The lowest BCUT2D eigenvalue weighted by Crippen LogP contribution is -2.44. The lowest BCUT2D eigenvalue weighted by atomic mass is 10.2. The number of carbonyl (C=O) groups is 1. The van der Waals surface area contributed by atoms with E-state index in [1.165, 1.54) is 11.3 Å². The Bertz CT molecular complexity index is 882. The van der Waals surface area contributed by atoms with Gasteiger partial charge in [-0.1, -0.05) is 11.2 Å². The molecule has 2 aromatic heterocycles. The van der Waals surface area contributed by atoms with Crippen molar-refractivity contribution in [1.29, 1.82) is 0 Å². The number of amides is 1. The summed E-state index contributed by atoms with van der Waals surface area (Å²) in [5, 5.41) is 12.2. The van der Waals surface area contributed by atoms with Crippen LogP contribution in [0.1, 0.15) is 21.5 Å². The number of hydrogen-bond acceptors (Lipinski definition) is 7. The lowest BCUT2D eigenvalue weighted by Gasteiger charge is -2.30. The van der Waals surface area contributed by atoms with Crippen LogP contribution in [0.3, 0.4) is 0 Å². The van der Waals surface area contributed by atoms with E-state index in [4.69, 9.17) is 4.52 Å². The van der Waals surface area contributed by atoms with Crippen LogP contribution in [0.2, 0.25) is 0 Å². The summed E-state index contributed by atoms with van der Waals surface area (Å²) >= 11 is 1.41. The second kappa shape index (κ2) is 8.62. The minimum absolute atomic E-state index is 0. The van der Waals surface area contributed by atoms with Crippen molar-refractivity contribution < 1.29 is 9.32 Å². The number of nitrogens with zero attached hydrogens (tertiary/aromatic N) is 3. The Labute approximate surface area is 167 Å². The van der Waals surface area contributed by atoms with Crippen LogP contribution >= 0.6 is 23.7 Å². The molecule has 1 aliphatic rings. The Hall–Kier alpha value is -2.26. The summed E-state index contributed by atoms with van der Waals surface area (Å²) in [6.45, 7) is 2.73. The molecule has 9 heteroatoms. The summed E-state index contributed by atoms with van der Waals surface area (Å²) in [6.07, 6.45) is 0. The molecule has 1 saturated heterocycles. The maximum atomic E-state index is 12.1. The van der Waals surface area contributed by atoms with Crippen molar-refractivity contribution in [3.63, 3.8) is 0 Å². The van der Waals surface area contributed by atoms with Crippen molar-refractivity contribution >= 4 is 35.3 Å². The summed E-state index contributed by atoms with van der Waals surface area (Å²) in [7, 11) is 2.06. The van der Waals surface area contributed by atoms with Crippen LogP contribution in [0.4, 0.5) is 5.69 Å². The largest absolute Gasteiger partial charge is 0.334 e. The molecule has 1 fully saturated rings. The monoisotopic (exact) mass is 405 g/mol. The van der Waals surface area contributed by atoms with E-state index in [0.29, 0.717) is 16.6 Å². The van der Waals surface area contributed by atoms with Crippen molar-refractivity contribution in [3.8, 4) is 11.5 Å². The van der Waals surface area contributed by atoms with E-state index in [9.17, 15) is 4.79 Å². The first kappa shape index (κ1) is 19.5. The number of benzene rings is 1. The van der Waals surface area contributed by atoms with Crippen molar-refractivity contribution in [3.05, 3.63) is 52.5 Å². The third kappa shape index (κ3) is 4.36. The van der Waals surface area contributed by atoms with E-state index >= 15 is 0 Å². The van der Waals surface area contributed by atoms with Gasteiger partial charge in [0.05, 0.1) is 10.9 Å². The highest BCUT2D eigenvalue weighted by molar-refractivity contribution is 7.12. The molecule has 1 aliphatic heterocycles. The first-order chi connectivity index (χ1) is 12.7. The number of halogens is 1. The van der Waals surface area contributed by atoms with Gasteiger partial charge in [-0.25, -0.2) is 0 Å². The first-order valence-electron chi connectivity index (χ1n) is 8.40. The fourth-order valence-corrected chi connectivity index (χ4v) is 3.50. The van der Waals surface area contributed by atoms with Crippen LogP contribution in [-0.2, 0) is 0 Å². The molecule has 0 radical (unpaired) electrons. The van der Waals surface area contributed by atoms with Gasteiger partial charge < -0.3 is 15.2 Å². The van der Waals surface area contributed by atoms with Crippen molar-refractivity contribution in [2.45, 2.75) is 6.04 Å². The van der Waals surface area contributed by atoms with Crippen LogP contribution in [-0.4, -0.2) is 47.6 Å². The molecule has 0 spiro atoms. The molecule has 0 saturated carbocycles. The van der Waals surface area contributed by atoms with Gasteiger partial charge in [0.15, 0.2) is 5.82 Å². The number of likely N-dealkylation sites (N-methyl/N-ethyl adjacent to an activating group) is 1. The van der Waals surface area contributed by atoms with Gasteiger partial charge in [-0.15, -0.1) is 23.7 Å². The van der Waals surface area contributed by atoms with E-state index in [1.807, 2.05) is 35.7 Å². The fourth-order valence-electron chi connectivity index (χ4n) is 2.88. The number of rotatable bonds is 4. The topological polar surface area (TPSA) is 83.3 Å². The molecule has 27 heavy (non-hydrogen) atoms. The molecular weight excluding hydrogens is 386 g/mol. The molecular formula is C18H20ClN5O2S. The van der Waals surface area contributed by atoms with E-state index in [0.717, 1.165) is 30.9 Å². The Balaban J connectivity index is 0.00000210. The number of nitrogens with one attached hydrogen (secondary N) is 2. The van der Waals surface area contributed by atoms with E-state index < -0.39 is 0 Å². The van der Waals surface area contributed by atoms with E-state index in [2.05, 4.69) is 32.7 Å². The highest BCUT2D eigenvalue weighted by atomic mass is 35.5. The quantitative estimate of drug-likeness (QED) is 0.694. The van der Waals surface area contributed by atoms with Crippen LogP contribution < -0.4 is 10.6 Å². The molecule has 0 bridgehead atoms. The summed E-state index contributed by atoms with van der Waals surface area (Å²) < 4.78 is 5.43. The molecule has 2 N–H and O–H groups in total. The van der Waals surface area contributed by atoms with Crippen molar-refractivity contribution in [2.24, 2.45) is 0 Å². The summed E-state index contributed by atoms with van der Waals surface area (Å²) in [5.74, 6) is 1.06. The third-order valence-corrected chi connectivity index (χ3v) is 5.25. The van der Waals surface area contributed by atoms with Gasteiger partial charge in [0.2, 0.25) is 0 Å². The maximum absolute atomic E-state index is 12.1. The van der Waals surface area contributed by atoms with Gasteiger partial charge in [-0.05, 0) is 42.8 Å². The predicted molar refractivity (Wildman–Crippen MR) is 107 cm³/mol. The number of thiophene rings is 1. The zero-order valence-electron chi connectivity index (χ0n) is 14.7.